The van der Waals surface area contributed by atoms with Gasteiger partial charge < -0.3 is 4.74 Å². The van der Waals surface area contributed by atoms with E-state index in [1.807, 2.05) is 19.1 Å². The zero-order valence-electron chi connectivity index (χ0n) is 9.21. The van der Waals surface area contributed by atoms with Gasteiger partial charge in [0.2, 0.25) is 0 Å². The van der Waals surface area contributed by atoms with Gasteiger partial charge in [0, 0.05) is 0 Å². The Hall–Kier alpha value is -1.24. The average Bonchev–Trinajstić information content (AvgIpc) is 2.19. The first kappa shape index (κ1) is 10.8. The highest BCUT2D eigenvalue weighted by atomic mass is 16.5. The van der Waals surface area contributed by atoms with E-state index in [0.29, 0.717) is 0 Å². The number of hydrogen-bond donors (Lipinski definition) is 0. The molecular weight excluding hydrogens is 172 g/mol. The maximum atomic E-state index is 5.56. The highest BCUT2D eigenvalue weighted by Crippen LogP contribution is 2.18. The van der Waals surface area contributed by atoms with E-state index in [9.17, 15) is 0 Å². The maximum Gasteiger partial charge on any atom is 0.119 e. The monoisotopic (exact) mass is 190 g/mol. The van der Waals surface area contributed by atoms with Crippen LogP contribution in [0.3, 0.4) is 0 Å². The molecule has 14 heavy (non-hydrogen) atoms. The Balaban J connectivity index is 2.83. The molecular formula is C13H18O. The standard InChI is InChI=1S/C13H18O/c1-4-6-12-10-13(14-9-5-2)8-7-11(12)3/h4,6-8,10H,5,9H2,1-3H3/b6-4-. The Bertz CT molecular complexity index is 313. The van der Waals surface area contributed by atoms with Crippen molar-refractivity contribution in [3.8, 4) is 5.75 Å². The molecule has 0 saturated carbocycles. The minimum absolute atomic E-state index is 0.790. The van der Waals surface area contributed by atoms with Gasteiger partial charge in [-0.05, 0) is 43.5 Å². The van der Waals surface area contributed by atoms with E-state index < -0.39 is 0 Å². The molecule has 0 aliphatic heterocycles. The maximum absolute atomic E-state index is 5.56. The second-order valence-corrected chi connectivity index (χ2v) is 3.37. The van der Waals surface area contributed by atoms with Gasteiger partial charge in [-0.1, -0.05) is 25.1 Å². The molecule has 0 bridgehead atoms. The van der Waals surface area contributed by atoms with Crippen molar-refractivity contribution in [1.82, 2.24) is 0 Å². The van der Waals surface area contributed by atoms with Crippen LogP contribution in [0.4, 0.5) is 0 Å². The smallest absolute Gasteiger partial charge is 0.119 e. The summed E-state index contributed by atoms with van der Waals surface area (Å²) in [5.74, 6) is 0.963. The summed E-state index contributed by atoms with van der Waals surface area (Å²) in [7, 11) is 0. The van der Waals surface area contributed by atoms with Crippen LogP contribution in [0.2, 0.25) is 0 Å². The Labute approximate surface area is 86.4 Å². The molecule has 76 valence electrons. The van der Waals surface area contributed by atoms with E-state index in [1.165, 1.54) is 11.1 Å². The summed E-state index contributed by atoms with van der Waals surface area (Å²) < 4.78 is 5.56. The lowest BCUT2D eigenvalue weighted by Gasteiger charge is -2.07. The minimum Gasteiger partial charge on any atom is -0.494 e. The first-order chi connectivity index (χ1) is 6.77. The molecule has 0 radical (unpaired) electrons. The Morgan fingerprint density at radius 1 is 1.36 bits per heavy atom. The lowest BCUT2D eigenvalue weighted by Crippen LogP contribution is -1.95. The van der Waals surface area contributed by atoms with E-state index in [4.69, 9.17) is 4.74 Å². The predicted octanol–water partition coefficient (Wildman–Crippen LogP) is 3.82. The van der Waals surface area contributed by atoms with Gasteiger partial charge in [0.05, 0.1) is 6.61 Å². The van der Waals surface area contributed by atoms with Crippen molar-refractivity contribution in [2.24, 2.45) is 0 Å². The van der Waals surface area contributed by atoms with Crippen molar-refractivity contribution in [2.75, 3.05) is 6.61 Å². The summed E-state index contributed by atoms with van der Waals surface area (Å²) in [5.41, 5.74) is 2.52. The average molecular weight is 190 g/mol. The van der Waals surface area contributed by atoms with Gasteiger partial charge in [-0.25, -0.2) is 0 Å². The van der Waals surface area contributed by atoms with Crippen molar-refractivity contribution in [3.63, 3.8) is 0 Å². The molecule has 1 heteroatoms. The number of aryl methyl sites for hydroxylation is 1. The van der Waals surface area contributed by atoms with Crippen molar-refractivity contribution in [3.05, 3.63) is 35.4 Å². The van der Waals surface area contributed by atoms with Gasteiger partial charge in [0.1, 0.15) is 5.75 Å². The molecule has 0 amide bonds. The lowest BCUT2D eigenvalue weighted by molar-refractivity contribution is 0.317. The van der Waals surface area contributed by atoms with E-state index in [-0.39, 0.29) is 0 Å². The molecule has 1 nitrogen and oxygen atoms in total. The molecule has 0 spiro atoms. The van der Waals surface area contributed by atoms with Gasteiger partial charge in [0.15, 0.2) is 0 Å². The van der Waals surface area contributed by atoms with Gasteiger partial charge in [-0.15, -0.1) is 0 Å². The third-order valence-corrected chi connectivity index (χ3v) is 2.07. The summed E-state index contributed by atoms with van der Waals surface area (Å²) in [4.78, 5) is 0. The second-order valence-electron chi connectivity index (χ2n) is 3.37. The fraction of sp³-hybridized carbons (Fsp3) is 0.385. The van der Waals surface area contributed by atoms with E-state index >= 15 is 0 Å². The minimum atomic E-state index is 0.790. The first-order valence-electron chi connectivity index (χ1n) is 5.14. The fourth-order valence-electron chi connectivity index (χ4n) is 1.29. The summed E-state index contributed by atoms with van der Waals surface area (Å²) in [6.45, 7) is 7.04. The number of benzene rings is 1. The second kappa shape index (κ2) is 5.48. The number of ether oxygens (including phenoxy) is 1. The van der Waals surface area contributed by atoms with Crippen LogP contribution in [0.15, 0.2) is 24.3 Å². The van der Waals surface area contributed by atoms with Crippen molar-refractivity contribution in [2.45, 2.75) is 27.2 Å². The number of rotatable bonds is 4. The topological polar surface area (TPSA) is 9.23 Å². The third-order valence-electron chi connectivity index (χ3n) is 2.07. The van der Waals surface area contributed by atoms with Crippen molar-refractivity contribution in [1.29, 1.82) is 0 Å². The molecule has 0 N–H and O–H groups in total. The quantitative estimate of drug-likeness (QED) is 0.701. The molecule has 0 saturated heterocycles. The highest BCUT2D eigenvalue weighted by Gasteiger charge is 1.97. The summed E-state index contributed by atoms with van der Waals surface area (Å²) in [6, 6.07) is 6.21. The van der Waals surface area contributed by atoms with Gasteiger partial charge in [-0.3, -0.25) is 0 Å². The van der Waals surface area contributed by atoms with Crippen LogP contribution >= 0.6 is 0 Å². The van der Waals surface area contributed by atoms with Crippen molar-refractivity contribution < 1.29 is 4.74 Å². The first-order valence-corrected chi connectivity index (χ1v) is 5.14. The van der Waals surface area contributed by atoms with Crippen LogP contribution in [-0.4, -0.2) is 6.61 Å². The molecule has 0 heterocycles. The van der Waals surface area contributed by atoms with Crippen molar-refractivity contribution >= 4 is 6.08 Å². The van der Waals surface area contributed by atoms with Crippen LogP contribution in [0.1, 0.15) is 31.4 Å². The number of allylic oxidation sites excluding steroid dienone is 1. The largest absolute Gasteiger partial charge is 0.494 e. The molecule has 0 aliphatic rings. The Kier molecular flexibility index (Phi) is 4.24. The molecule has 1 rings (SSSR count). The van der Waals surface area contributed by atoms with Crippen LogP contribution in [0.25, 0.3) is 6.08 Å². The van der Waals surface area contributed by atoms with Gasteiger partial charge in [0.25, 0.3) is 0 Å². The normalized spacial score (nSPS) is 10.8. The molecule has 1 aromatic carbocycles. The molecule has 0 fully saturated rings. The molecule has 0 aliphatic carbocycles. The fourth-order valence-corrected chi connectivity index (χ4v) is 1.29. The van der Waals surface area contributed by atoms with Crippen LogP contribution in [0, 0.1) is 6.92 Å². The summed E-state index contributed by atoms with van der Waals surface area (Å²) in [6.07, 6.45) is 5.20. The van der Waals surface area contributed by atoms with Crippen LogP contribution in [0.5, 0.6) is 5.75 Å². The zero-order valence-corrected chi connectivity index (χ0v) is 9.21. The zero-order chi connectivity index (χ0) is 10.4. The van der Waals surface area contributed by atoms with E-state index in [0.717, 1.165) is 18.8 Å². The number of hydrogen-bond acceptors (Lipinski definition) is 1. The van der Waals surface area contributed by atoms with Crippen LogP contribution < -0.4 is 4.74 Å². The summed E-state index contributed by atoms with van der Waals surface area (Å²) >= 11 is 0. The Morgan fingerprint density at radius 2 is 2.14 bits per heavy atom. The summed E-state index contributed by atoms with van der Waals surface area (Å²) in [5, 5.41) is 0. The SMILES string of the molecule is C/C=C\c1cc(OCCC)ccc1C. The third kappa shape index (κ3) is 2.91. The van der Waals surface area contributed by atoms with E-state index in [2.05, 4.69) is 32.1 Å². The molecule has 0 aromatic heterocycles. The highest BCUT2D eigenvalue weighted by molar-refractivity contribution is 5.55. The lowest BCUT2D eigenvalue weighted by atomic mass is 10.1. The van der Waals surface area contributed by atoms with Gasteiger partial charge in [-0.2, -0.15) is 0 Å². The Morgan fingerprint density at radius 3 is 2.79 bits per heavy atom. The molecule has 0 atom stereocenters. The molecule has 1 aromatic rings. The van der Waals surface area contributed by atoms with E-state index in [1.54, 1.807) is 0 Å². The molecule has 0 unspecified atom stereocenters. The van der Waals surface area contributed by atoms with Crippen LogP contribution in [-0.2, 0) is 0 Å². The predicted molar refractivity (Wildman–Crippen MR) is 61.7 cm³/mol. The van der Waals surface area contributed by atoms with Gasteiger partial charge >= 0.3 is 0 Å².